The molecule has 0 radical (unpaired) electrons. The van der Waals surface area contributed by atoms with Crippen LogP contribution in [0.2, 0.25) is 10.2 Å². The van der Waals surface area contributed by atoms with Crippen LogP contribution >= 0.6 is 23.2 Å². The first-order chi connectivity index (χ1) is 22.8. The van der Waals surface area contributed by atoms with Crippen molar-refractivity contribution in [3.05, 3.63) is 57.2 Å². The number of hydrogen-bond donors (Lipinski definition) is 6. The number of esters is 1. The monoisotopic (exact) mass is 745 g/mol. The number of anilines is 1. The Hall–Kier alpha value is -4.85. The van der Waals surface area contributed by atoms with Crippen LogP contribution in [0, 0.1) is 0 Å². The van der Waals surface area contributed by atoms with Gasteiger partial charge in [0.2, 0.25) is 5.91 Å². The number of ether oxygens (including phenoxy) is 1. The van der Waals surface area contributed by atoms with E-state index >= 15 is 0 Å². The number of nitrogens with zero attached hydrogens (tertiary/aromatic N) is 2. The van der Waals surface area contributed by atoms with Gasteiger partial charge in [-0.05, 0) is 35.9 Å². The molecular formula is C27H24Cl2F7N7O6. The number of aromatic amines is 1. The molecule has 0 bridgehead atoms. The number of H-pyrrole nitrogens is 1. The summed E-state index contributed by atoms with van der Waals surface area (Å²) in [4.78, 5) is 50.6. The molecule has 2 heterocycles. The van der Waals surface area contributed by atoms with Crippen molar-refractivity contribution in [3.63, 3.8) is 0 Å². The molecule has 2 atom stereocenters. The fraction of sp³-hybridized carbons (Fsp3) is 0.333. The zero-order valence-corrected chi connectivity index (χ0v) is 26.2. The summed E-state index contributed by atoms with van der Waals surface area (Å²) in [5.41, 5.74) is -0.464. The molecule has 266 valence electrons. The van der Waals surface area contributed by atoms with Gasteiger partial charge in [-0.25, -0.2) is 14.2 Å². The summed E-state index contributed by atoms with van der Waals surface area (Å²) in [6, 6.07) is 4.25. The van der Waals surface area contributed by atoms with E-state index in [1.54, 1.807) is 0 Å². The molecule has 3 aromatic rings. The SMILES string of the molecule is COC(=O)C[C@H](NC(=O)CNC(=O)c1cc(NC2=NCC(F)CN2)c2c(Cl)[nH]nc2c1)c1cc(Cl)cc(C(F)(F)F)c1.O=C(O)C(F)(F)F. The lowest BCUT2D eigenvalue weighted by molar-refractivity contribution is -0.192. The van der Waals surface area contributed by atoms with Crippen molar-refractivity contribution in [3.8, 4) is 0 Å². The molecule has 22 heteroatoms. The van der Waals surface area contributed by atoms with Crippen molar-refractivity contribution in [1.29, 1.82) is 0 Å². The molecule has 13 nitrogen and oxygen atoms in total. The van der Waals surface area contributed by atoms with Crippen molar-refractivity contribution in [2.24, 2.45) is 4.99 Å². The minimum Gasteiger partial charge on any atom is -0.475 e. The zero-order valence-electron chi connectivity index (χ0n) is 24.7. The molecule has 1 unspecified atom stereocenters. The average Bonchev–Trinajstić information content (AvgIpc) is 3.40. The second-order valence-corrected chi connectivity index (χ2v) is 10.7. The molecule has 1 aliphatic heterocycles. The summed E-state index contributed by atoms with van der Waals surface area (Å²) in [5, 5.41) is 24.7. The zero-order chi connectivity index (χ0) is 36.7. The number of rotatable bonds is 8. The van der Waals surface area contributed by atoms with E-state index in [0.717, 1.165) is 13.2 Å². The lowest BCUT2D eigenvalue weighted by Gasteiger charge is -2.20. The number of aromatic nitrogens is 2. The topological polar surface area (TPSA) is 187 Å². The van der Waals surface area contributed by atoms with Gasteiger partial charge in [0.1, 0.15) is 11.3 Å². The number of fused-ring (bicyclic) bond motifs is 1. The highest BCUT2D eigenvalue weighted by Gasteiger charge is 2.38. The van der Waals surface area contributed by atoms with E-state index in [1.807, 2.05) is 0 Å². The van der Waals surface area contributed by atoms with Crippen LogP contribution in [0.15, 0.2) is 35.3 Å². The molecule has 0 aliphatic carbocycles. The number of nitrogens with one attached hydrogen (secondary N) is 5. The summed E-state index contributed by atoms with van der Waals surface area (Å²) in [6.07, 6.45) is -11.5. The van der Waals surface area contributed by atoms with E-state index in [1.165, 1.54) is 18.2 Å². The number of carboxylic acid groups (broad SMARTS) is 1. The number of guanidine groups is 1. The average molecular weight is 746 g/mol. The number of amides is 2. The highest BCUT2D eigenvalue weighted by molar-refractivity contribution is 6.35. The number of carbonyl (C=O) groups excluding carboxylic acids is 3. The van der Waals surface area contributed by atoms with Crippen LogP contribution in [0.5, 0.6) is 0 Å². The van der Waals surface area contributed by atoms with Gasteiger partial charge < -0.3 is 31.1 Å². The minimum absolute atomic E-state index is 0.0348. The van der Waals surface area contributed by atoms with Crippen LogP contribution < -0.4 is 21.3 Å². The highest BCUT2D eigenvalue weighted by Crippen LogP contribution is 2.34. The maximum atomic E-state index is 13.4. The van der Waals surface area contributed by atoms with Gasteiger partial charge in [0, 0.05) is 10.6 Å². The fourth-order valence-corrected chi connectivity index (χ4v) is 4.54. The first kappa shape index (κ1) is 38.6. The second kappa shape index (κ2) is 16.0. The number of carbonyl (C=O) groups is 4. The first-order valence-electron chi connectivity index (χ1n) is 13.5. The number of hydrogen-bond acceptors (Lipinski definition) is 9. The van der Waals surface area contributed by atoms with Gasteiger partial charge in [0.05, 0.1) is 61.4 Å². The second-order valence-electron chi connectivity index (χ2n) is 9.90. The standard InChI is InChI=1S/C25H23Cl2F4N7O4.C2HF3O2/c1-42-20(40)7-16(11-2-13(25(29,30)31)6-14(26)3-11)35-19(39)10-32-23(41)12-4-17(21-18(5-12)37-38-22(21)27)36-24-33-8-15(28)9-34-24;3-2(4,5)1(6)7/h2-6,15-16H,7-10H2,1H3,(H,32,41)(H,35,39)(H,37,38)(H2,33,34,36);(H,6,7)/t16-;/m0./s1. The number of methoxy groups -OCH3 is 1. The quantitative estimate of drug-likeness (QED) is 0.144. The molecule has 0 fully saturated rings. The van der Waals surface area contributed by atoms with Crippen molar-refractivity contribution in [2.75, 3.05) is 32.1 Å². The summed E-state index contributed by atoms with van der Waals surface area (Å²) in [7, 11) is 1.09. The van der Waals surface area contributed by atoms with E-state index < -0.39 is 66.8 Å². The van der Waals surface area contributed by atoms with Crippen LogP contribution in [0.4, 0.5) is 36.4 Å². The van der Waals surface area contributed by atoms with Crippen molar-refractivity contribution in [1.82, 2.24) is 26.1 Å². The Kier molecular flexibility index (Phi) is 12.6. The Bertz CT molecular complexity index is 1750. The highest BCUT2D eigenvalue weighted by atomic mass is 35.5. The van der Waals surface area contributed by atoms with Gasteiger partial charge in [-0.15, -0.1) is 0 Å². The van der Waals surface area contributed by atoms with E-state index in [4.69, 9.17) is 33.1 Å². The van der Waals surface area contributed by atoms with E-state index in [2.05, 4.69) is 41.2 Å². The number of aliphatic carboxylic acids is 1. The van der Waals surface area contributed by atoms with Gasteiger partial charge in [-0.1, -0.05) is 23.2 Å². The van der Waals surface area contributed by atoms with Crippen LogP contribution in [-0.4, -0.2) is 84.1 Å². The molecule has 0 saturated heterocycles. The number of aliphatic imine (C=N–C) groups is 1. The predicted octanol–water partition coefficient (Wildman–Crippen LogP) is 4.38. The minimum atomic E-state index is -5.08. The largest absolute Gasteiger partial charge is 0.490 e. The summed E-state index contributed by atoms with van der Waals surface area (Å²) in [5.74, 6) is -4.82. The number of benzene rings is 2. The lowest BCUT2D eigenvalue weighted by atomic mass is 10.0. The summed E-state index contributed by atoms with van der Waals surface area (Å²) < 4.78 is 89.7. The van der Waals surface area contributed by atoms with Gasteiger partial charge in [-0.3, -0.25) is 19.5 Å². The molecule has 4 rings (SSSR count). The molecule has 2 aromatic carbocycles. The number of alkyl halides is 7. The van der Waals surface area contributed by atoms with Gasteiger partial charge in [0.25, 0.3) is 5.91 Å². The predicted molar refractivity (Wildman–Crippen MR) is 160 cm³/mol. The Balaban J connectivity index is 0.000000838. The fourth-order valence-electron chi connectivity index (χ4n) is 4.06. The smallest absolute Gasteiger partial charge is 0.475 e. The first-order valence-corrected chi connectivity index (χ1v) is 14.2. The van der Waals surface area contributed by atoms with Crippen LogP contribution in [0.1, 0.15) is 33.9 Å². The van der Waals surface area contributed by atoms with Crippen LogP contribution in [0.3, 0.4) is 0 Å². The van der Waals surface area contributed by atoms with Gasteiger partial charge >= 0.3 is 24.3 Å². The Morgan fingerprint density at radius 1 is 1.08 bits per heavy atom. The third-order valence-corrected chi connectivity index (χ3v) is 6.79. The summed E-state index contributed by atoms with van der Waals surface area (Å²) >= 11 is 12.1. The number of halogens is 9. The van der Waals surface area contributed by atoms with E-state index in [-0.39, 0.29) is 40.4 Å². The lowest BCUT2D eigenvalue weighted by Crippen LogP contribution is -2.41. The van der Waals surface area contributed by atoms with E-state index in [9.17, 15) is 45.1 Å². The number of carboxylic acids is 1. The van der Waals surface area contributed by atoms with Gasteiger partial charge in [0.15, 0.2) is 5.96 Å². The van der Waals surface area contributed by atoms with Crippen LogP contribution in [-0.2, 0) is 25.3 Å². The van der Waals surface area contributed by atoms with Crippen molar-refractivity contribution < 1.29 is 59.8 Å². The van der Waals surface area contributed by atoms with Crippen molar-refractivity contribution in [2.45, 2.75) is 31.0 Å². The molecule has 0 spiro atoms. The molecule has 0 saturated carbocycles. The van der Waals surface area contributed by atoms with Gasteiger partial charge in [-0.2, -0.15) is 31.4 Å². The molecule has 1 aromatic heterocycles. The molecule has 6 N–H and O–H groups in total. The Morgan fingerprint density at radius 2 is 1.76 bits per heavy atom. The molecule has 1 aliphatic rings. The third kappa shape index (κ3) is 11.1. The molecular weight excluding hydrogens is 722 g/mol. The maximum Gasteiger partial charge on any atom is 0.490 e. The summed E-state index contributed by atoms with van der Waals surface area (Å²) in [6.45, 7) is -0.624. The maximum absolute atomic E-state index is 13.4. The Labute approximate surface area is 280 Å². The Morgan fingerprint density at radius 3 is 2.33 bits per heavy atom. The molecule has 2 amide bonds. The van der Waals surface area contributed by atoms with Crippen molar-refractivity contribution >= 4 is 69.5 Å². The third-order valence-electron chi connectivity index (χ3n) is 6.30. The normalized spacial score (nSPS) is 15.1. The van der Waals surface area contributed by atoms with Crippen LogP contribution in [0.25, 0.3) is 10.9 Å². The van der Waals surface area contributed by atoms with E-state index in [0.29, 0.717) is 22.7 Å². The molecule has 49 heavy (non-hydrogen) atoms.